The summed E-state index contributed by atoms with van der Waals surface area (Å²) < 4.78 is 4.25. The van der Waals surface area contributed by atoms with Gasteiger partial charge in [-0.3, -0.25) is 0 Å². The van der Waals surface area contributed by atoms with Gasteiger partial charge >= 0.3 is 11.9 Å². The number of carbonyl (C=O) groups excluding carboxylic acids is 1. The summed E-state index contributed by atoms with van der Waals surface area (Å²) in [5.41, 5.74) is -1.02. The second-order valence-electron chi connectivity index (χ2n) is 1.47. The van der Waals surface area contributed by atoms with Crippen molar-refractivity contribution in [3.05, 3.63) is 0 Å². The van der Waals surface area contributed by atoms with Gasteiger partial charge in [0.05, 0.1) is 6.61 Å². The fourth-order valence-electron chi connectivity index (χ4n) is 0.370. The number of ether oxygens (including phenoxy) is 1. The van der Waals surface area contributed by atoms with Crippen molar-refractivity contribution in [3.8, 4) is 0 Å². The van der Waals surface area contributed by atoms with Gasteiger partial charge in [-0.15, -0.1) is 0 Å². The van der Waals surface area contributed by atoms with E-state index in [-0.39, 0.29) is 6.61 Å². The molecule has 0 aromatic carbocycles. The quantitative estimate of drug-likeness (QED) is 0.190. The Kier molecular flexibility index (Phi) is 3.65. The Balaban J connectivity index is 4.29. The number of aliphatic carboxylic acids is 1. The average molecular weight is 161 g/mol. The molecule has 0 atom stereocenters. The molecule has 0 unspecified atom stereocenters. The molecule has 6 nitrogen and oxygen atoms in total. The van der Waals surface area contributed by atoms with Crippen LogP contribution in [0.1, 0.15) is 6.92 Å². The SMILES string of the molecule is CCOC(=O)/C(=N\O)C(=O)O. The van der Waals surface area contributed by atoms with Gasteiger partial charge < -0.3 is 15.1 Å². The number of carboxylic acids is 1. The Hall–Kier alpha value is -1.59. The zero-order chi connectivity index (χ0) is 8.85. The van der Waals surface area contributed by atoms with Crippen LogP contribution in [0, 0.1) is 0 Å². The van der Waals surface area contributed by atoms with E-state index >= 15 is 0 Å². The van der Waals surface area contributed by atoms with E-state index in [9.17, 15) is 9.59 Å². The molecular formula is C5H7NO5. The first-order chi connectivity index (χ1) is 5.13. The standard InChI is InChI=1S/C5H7NO5/c1-2-11-5(9)3(6-10)4(7)8/h10H,2H2,1H3,(H,7,8)/b6-3-. The Bertz CT molecular complexity index is 197. The van der Waals surface area contributed by atoms with Crippen LogP contribution in [0.3, 0.4) is 0 Å². The lowest BCUT2D eigenvalue weighted by atomic mass is 10.4. The van der Waals surface area contributed by atoms with E-state index in [0.29, 0.717) is 0 Å². The summed E-state index contributed by atoms with van der Waals surface area (Å²) in [5, 5.41) is 18.4. The molecule has 0 aromatic heterocycles. The molecule has 0 saturated carbocycles. The van der Waals surface area contributed by atoms with Gasteiger partial charge in [-0.25, -0.2) is 9.59 Å². The number of carbonyl (C=O) groups is 2. The first kappa shape index (κ1) is 9.41. The predicted molar refractivity (Wildman–Crippen MR) is 33.5 cm³/mol. The van der Waals surface area contributed by atoms with E-state index in [1.807, 2.05) is 0 Å². The third kappa shape index (κ3) is 2.65. The normalized spacial score (nSPS) is 10.8. The summed E-state index contributed by atoms with van der Waals surface area (Å²) in [4.78, 5) is 20.6. The lowest BCUT2D eigenvalue weighted by Crippen LogP contribution is -2.25. The van der Waals surface area contributed by atoms with Crippen molar-refractivity contribution in [2.75, 3.05) is 6.61 Å². The van der Waals surface area contributed by atoms with Crippen molar-refractivity contribution < 1.29 is 24.6 Å². The molecule has 0 bridgehead atoms. The maximum atomic E-state index is 10.5. The monoisotopic (exact) mass is 161 g/mol. The Morgan fingerprint density at radius 1 is 1.55 bits per heavy atom. The zero-order valence-electron chi connectivity index (χ0n) is 5.77. The molecule has 6 heteroatoms. The molecule has 0 fully saturated rings. The minimum atomic E-state index is -1.62. The van der Waals surface area contributed by atoms with Crippen LogP contribution >= 0.6 is 0 Å². The highest BCUT2D eigenvalue weighted by Crippen LogP contribution is 1.84. The van der Waals surface area contributed by atoms with Gasteiger partial charge in [-0.1, -0.05) is 5.16 Å². The first-order valence-corrected chi connectivity index (χ1v) is 2.76. The van der Waals surface area contributed by atoms with E-state index in [4.69, 9.17) is 10.3 Å². The smallest absolute Gasteiger partial charge is 0.368 e. The highest BCUT2D eigenvalue weighted by atomic mass is 16.5. The fourth-order valence-corrected chi connectivity index (χ4v) is 0.370. The highest BCUT2D eigenvalue weighted by Gasteiger charge is 2.21. The molecule has 11 heavy (non-hydrogen) atoms. The number of esters is 1. The van der Waals surface area contributed by atoms with Gasteiger partial charge in [0.2, 0.25) is 0 Å². The summed E-state index contributed by atoms with van der Waals surface area (Å²) in [7, 11) is 0. The largest absolute Gasteiger partial charge is 0.476 e. The van der Waals surface area contributed by atoms with E-state index in [2.05, 4.69) is 9.89 Å². The van der Waals surface area contributed by atoms with Gasteiger partial charge in [0.25, 0.3) is 5.71 Å². The molecule has 0 aromatic rings. The Labute approximate surface area is 62.1 Å². The minimum absolute atomic E-state index is 0.0329. The Morgan fingerprint density at radius 2 is 2.09 bits per heavy atom. The van der Waals surface area contributed by atoms with Crippen LogP contribution < -0.4 is 0 Å². The molecule has 2 N–H and O–H groups in total. The predicted octanol–water partition coefficient (Wildman–Crippen LogP) is -0.536. The third-order valence-corrected chi connectivity index (χ3v) is 0.771. The maximum absolute atomic E-state index is 10.5. The number of oxime groups is 1. The van der Waals surface area contributed by atoms with Crippen LogP contribution in [0.25, 0.3) is 0 Å². The van der Waals surface area contributed by atoms with Crippen molar-refractivity contribution in [3.63, 3.8) is 0 Å². The van der Waals surface area contributed by atoms with Crippen LogP contribution in [0.5, 0.6) is 0 Å². The molecule has 0 aliphatic rings. The number of nitrogens with zero attached hydrogens (tertiary/aromatic N) is 1. The molecule has 0 amide bonds. The second kappa shape index (κ2) is 4.26. The van der Waals surface area contributed by atoms with Gasteiger partial charge in [0.1, 0.15) is 0 Å². The van der Waals surface area contributed by atoms with Crippen molar-refractivity contribution in [1.29, 1.82) is 0 Å². The molecular weight excluding hydrogens is 154 g/mol. The molecule has 0 radical (unpaired) electrons. The van der Waals surface area contributed by atoms with E-state index < -0.39 is 17.7 Å². The lowest BCUT2D eigenvalue weighted by molar-refractivity contribution is -0.138. The maximum Gasteiger partial charge on any atom is 0.368 e. The molecule has 0 rings (SSSR count). The van der Waals surface area contributed by atoms with E-state index in [0.717, 1.165) is 0 Å². The summed E-state index contributed by atoms with van der Waals surface area (Å²) in [5.74, 6) is -2.77. The summed E-state index contributed by atoms with van der Waals surface area (Å²) >= 11 is 0. The average Bonchev–Trinajstić information content (AvgIpc) is 1.88. The number of hydrogen-bond donors (Lipinski definition) is 2. The third-order valence-electron chi connectivity index (χ3n) is 0.771. The molecule has 62 valence electrons. The number of rotatable bonds is 3. The van der Waals surface area contributed by atoms with Crippen molar-refractivity contribution in [2.45, 2.75) is 6.92 Å². The van der Waals surface area contributed by atoms with Gasteiger partial charge in [-0.05, 0) is 6.92 Å². The summed E-state index contributed by atoms with van der Waals surface area (Å²) in [6, 6.07) is 0. The molecule has 0 aliphatic carbocycles. The minimum Gasteiger partial charge on any atom is -0.476 e. The molecule has 0 saturated heterocycles. The van der Waals surface area contributed by atoms with Crippen molar-refractivity contribution in [1.82, 2.24) is 0 Å². The summed E-state index contributed by atoms with van der Waals surface area (Å²) in [6.45, 7) is 1.54. The van der Waals surface area contributed by atoms with Crippen molar-refractivity contribution >= 4 is 17.7 Å². The lowest BCUT2D eigenvalue weighted by Gasteiger charge is -1.97. The number of carboxylic acid groups (broad SMARTS) is 1. The van der Waals surface area contributed by atoms with E-state index in [1.165, 1.54) is 6.92 Å². The van der Waals surface area contributed by atoms with Gasteiger partial charge in [0, 0.05) is 0 Å². The van der Waals surface area contributed by atoms with Crippen LogP contribution in [0.4, 0.5) is 0 Å². The molecule has 0 spiro atoms. The fraction of sp³-hybridized carbons (Fsp3) is 0.400. The van der Waals surface area contributed by atoms with Crippen LogP contribution in [0.15, 0.2) is 5.16 Å². The van der Waals surface area contributed by atoms with Crippen LogP contribution in [-0.4, -0.2) is 34.6 Å². The first-order valence-electron chi connectivity index (χ1n) is 2.76. The Morgan fingerprint density at radius 3 is 2.36 bits per heavy atom. The van der Waals surface area contributed by atoms with Crippen LogP contribution in [0.2, 0.25) is 0 Å². The zero-order valence-corrected chi connectivity index (χ0v) is 5.77. The second-order valence-corrected chi connectivity index (χ2v) is 1.47. The van der Waals surface area contributed by atoms with E-state index in [1.54, 1.807) is 0 Å². The van der Waals surface area contributed by atoms with Gasteiger partial charge in [0.15, 0.2) is 0 Å². The van der Waals surface area contributed by atoms with Crippen molar-refractivity contribution in [2.24, 2.45) is 5.16 Å². The topological polar surface area (TPSA) is 96.2 Å². The molecule has 0 heterocycles. The van der Waals surface area contributed by atoms with Gasteiger partial charge in [-0.2, -0.15) is 0 Å². The van der Waals surface area contributed by atoms with Crippen LogP contribution in [-0.2, 0) is 14.3 Å². The number of hydrogen-bond acceptors (Lipinski definition) is 5. The molecule has 0 aliphatic heterocycles. The highest BCUT2D eigenvalue weighted by molar-refractivity contribution is 6.62. The summed E-state index contributed by atoms with van der Waals surface area (Å²) in [6.07, 6.45) is 0.